The highest BCUT2D eigenvalue weighted by Gasteiger charge is 2.16. The van der Waals surface area contributed by atoms with Crippen LogP contribution in [0.15, 0.2) is 42.5 Å². The predicted molar refractivity (Wildman–Crippen MR) is 96.8 cm³/mol. The van der Waals surface area contributed by atoms with E-state index in [2.05, 4.69) is 10.6 Å². The van der Waals surface area contributed by atoms with Gasteiger partial charge in [-0.3, -0.25) is 4.79 Å². The Bertz CT molecular complexity index is 784. The number of nitrogens with zero attached hydrogens (tertiary/aromatic N) is 1. The Labute approximate surface area is 151 Å². The lowest BCUT2D eigenvalue weighted by molar-refractivity contribution is -0.115. The van der Waals surface area contributed by atoms with Crippen molar-refractivity contribution < 1.29 is 9.18 Å². The van der Waals surface area contributed by atoms with Crippen molar-refractivity contribution in [1.29, 1.82) is 5.26 Å². The molecular formula is C19H19ClFN3O. The van der Waals surface area contributed by atoms with Gasteiger partial charge in [0.05, 0.1) is 17.1 Å². The molecule has 0 aromatic heterocycles. The molecule has 0 saturated carbocycles. The molecule has 4 nitrogen and oxygen atoms in total. The summed E-state index contributed by atoms with van der Waals surface area (Å²) in [7, 11) is 0. The Morgan fingerprint density at radius 3 is 2.48 bits per heavy atom. The maximum Gasteiger partial charge on any atom is 0.238 e. The molecule has 2 aromatic rings. The van der Waals surface area contributed by atoms with Crippen molar-refractivity contribution in [2.24, 2.45) is 5.92 Å². The first-order valence-electron chi connectivity index (χ1n) is 7.89. The molecule has 25 heavy (non-hydrogen) atoms. The Kier molecular flexibility index (Phi) is 6.51. The molecule has 1 amide bonds. The summed E-state index contributed by atoms with van der Waals surface area (Å²) in [6.07, 6.45) is 0. The standard InChI is InChI=1S/C19H19ClFN3O/c1-12(2)19(13-3-6-15(21)7-4-13)23-11-18(25)24-16-8-5-14(10-22)17(20)9-16/h3-9,12,19,23H,11H2,1-2H3,(H,24,25)/t19-/m0/s1. The molecule has 2 N–H and O–H groups in total. The Balaban J connectivity index is 1.98. The number of nitrogens with one attached hydrogen (secondary N) is 2. The third kappa shape index (κ3) is 5.28. The summed E-state index contributed by atoms with van der Waals surface area (Å²) < 4.78 is 13.1. The van der Waals surface area contributed by atoms with Gasteiger partial charge in [0.15, 0.2) is 0 Å². The molecule has 0 radical (unpaired) electrons. The van der Waals surface area contributed by atoms with E-state index in [1.165, 1.54) is 18.2 Å². The van der Waals surface area contributed by atoms with E-state index >= 15 is 0 Å². The van der Waals surface area contributed by atoms with E-state index in [0.29, 0.717) is 16.3 Å². The van der Waals surface area contributed by atoms with E-state index in [1.54, 1.807) is 24.3 Å². The fourth-order valence-electron chi connectivity index (χ4n) is 2.50. The van der Waals surface area contributed by atoms with Crippen molar-refractivity contribution in [2.45, 2.75) is 19.9 Å². The van der Waals surface area contributed by atoms with Crippen molar-refractivity contribution in [1.82, 2.24) is 5.32 Å². The van der Waals surface area contributed by atoms with Crippen molar-refractivity contribution in [3.8, 4) is 6.07 Å². The lowest BCUT2D eigenvalue weighted by Gasteiger charge is -2.23. The quantitative estimate of drug-likeness (QED) is 0.809. The van der Waals surface area contributed by atoms with Crippen LogP contribution in [-0.4, -0.2) is 12.5 Å². The molecule has 0 bridgehead atoms. The van der Waals surface area contributed by atoms with Crippen molar-refractivity contribution >= 4 is 23.2 Å². The molecular weight excluding hydrogens is 341 g/mol. The van der Waals surface area contributed by atoms with E-state index in [0.717, 1.165) is 5.56 Å². The smallest absolute Gasteiger partial charge is 0.238 e. The number of benzene rings is 2. The van der Waals surface area contributed by atoms with Crippen molar-refractivity contribution in [3.63, 3.8) is 0 Å². The SMILES string of the molecule is CC(C)[C@H](NCC(=O)Nc1ccc(C#N)c(Cl)c1)c1ccc(F)cc1. The number of amides is 1. The molecule has 130 valence electrons. The topological polar surface area (TPSA) is 64.9 Å². The molecule has 0 aliphatic heterocycles. The summed E-state index contributed by atoms with van der Waals surface area (Å²) in [5, 5.41) is 15.1. The summed E-state index contributed by atoms with van der Waals surface area (Å²) in [4.78, 5) is 12.1. The minimum absolute atomic E-state index is 0.0732. The van der Waals surface area contributed by atoms with E-state index in [4.69, 9.17) is 16.9 Å². The first-order chi connectivity index (χ1) is 11.9. The van der Waals surface area contributed by atoms with Gasteiger partial charge in [-0.2, -0.15) is 5.26 Å². The first-order valence-corrected chi connectivity index (χ1v) is 8.27. The second-order valence-electron chi connectivity index (χ2n) is 6.01. The third-order valence-corrected chi connectivity index (χ3v) is 4.06. The molecule has 0 saturated heterocycles. The fraction of sp³-hybridized carbons (Fsp3) is 0.263. The maximum absolute atomic E-state index is 13.1. The van der Waals surface area contributed by atoms with Crippen LogP contribution in [0, 0.1) is 23.1 Å². The van der Waals surface area contributed by atoms with Gasteiger partial charge in [-0.15, -0.1) is 0 Å². The van der Waals surface area contributed by atoms with Crippen molar-refractivity contribution in [3.05, 3.63) is 64.4 Å². The summed E-state index contributed by atoms with van der Waals surface area (Å²) >= 11 is 5.95. The van der Waals surface area contributed by atoms with Gasteiger partial charge in [-0.05, 0) is 41.8 Å². The van der Waals surface area contributed by atoms with Gasteiger partial charge < -0.3 is 10.6 Å². The number of carbonyl (C=O) groups excluding carboxylic acids is 1. The average Bonchev–Trinajstić information content (AvgIpc) is 2.56. The number of nitriles is 1. The lowest BCUT2D eigenvalue weighted by Crippen LogP contribution is -2.33. The number of hydrogen-bond acceptors (Lipinski definition) is 3. The molecule has 2 rings (SSSR count). The summed E-state index contributed by atoms with van der Waals surface area (Å²) in [5.41, 5.74) is 1.80. The minimum Gasteiger partial charge on any atom is -0.325 e. The fourth-order valence-corrected chi connectivity index (χ4v) is 2.72. The van der Waals surface area contributed by atoms with Crippen LogP contribution in [0.3, 0.4) is 0 Å². The first kappa shape index (κ1) is 18.9. The second kappa shape index (κ2) is 8.61. The van der Waals surface area contributed by atoms with E-state index in [9.17, 15) is 9.18 Å². The Hall–Kier alpha value is -2.42. The second-order valence-corrected chi connectivity index (χ2v) is 6.42. The zero-order valence-electron chi connectivity index (χ0n) is 14.0. The average molecular weight is 360 g/mol. The summed E-state index contributed by atoms with van der Waals surface area (Å²) in [5.74, 6) is -0.294. The van der Waals surface area contributed by atoms with Gasteiger partial charge in [-0.1, -0.05) is 37.6 Å². The highest BCUT2D eigenvalue weighted by atomic mass is 35.5. The summed E-state index contributed by atoms with van der Waals surface area (Å²) in [6.45, 7) is 4.15. The van der Waals surface area contributed by atoms with E-state index < -0.39 is 0 Å². The molecule has 0 spiro atoms. The highest BCUT2D eigenvalue weighted by Crippen LogP contribution is 2.22. The van der Waals surface area contributed by atoms with Crippen LogP contribution in [0.5, 0.6) is 0 Å². The number of rotatable bonds is 6. The molecule has 0 fully saturated rings. The number of carbonyl (C=O) groups is 1. The molecule has 0 aliphatic carbocycles. The monoisotopic (exact) mass is 359 g/mol. The van der Waals surface area contributed by atoms with Crippen LogP contribution >= 0.6 is 11.6 Å². The van der Waals surface area contributed by atoms with Gasteiger partial charge >= 0.3 is 0 Å². The van der Waals surface area contributed by atoms with Gasteiger partial charge in [0.25, 0.3) is 0 Å². The molecule has 0 heterocycles. The van der Waals surface area contributed by atoms with Gasteiger partial charge in [-0.25, -0.2) is 4.39 Å². The van der Waals surface area contributed by atoms with Gasteiger partial charge in [0.1, 0.15) is 11.9 Å². The van der Waals surface area contributed by atoms with Gasteiger partial charge in [0.2, 0.25) is 5.91 Å². The zero-order chi connectivity index (χ0) is 18.4. The number of hydrogen-bond donors (Lipinski definition) is 2. The van der Waals surface area contributed by atoms with Gasteiger partial charge in [0, 0.05) is 11.7 Å². The van der Waals surface area contributed by atoms with Crippen LogP contribution in [0.4, 0.5) is 10.1 Å². The molecule has 1 atom stereocenters. The summed E-state index contributed by atoms with van der Waals surface area (Å²) in [6, 6.07) is 12.9. The van der Waals surface area contributed by atoms with Crippen LogP contribution < -0.4 is 10.6 Å². The minimum atomic E-state index is -0.290. The number of halogens is 2. The normalized spacial score (nSPS) is 11.8. The van der Waals surface area contributed by atoms with Crippen LogP contribution in [0.25, 0.3) is 0 Å². The third-order valence-electron chi connectivity index (χ3n) is 3.75. The highest BCUT2D eigenvalue weighted by molar-refractivity contribution is 6.32. The lowest BCUT2D eigenvalue weighted by atomic mass is 9.96. The predicted octanol–water partition coefficient (Wildman–Crippen LogP) is 4.28. The van der Waals surface area contributed by atoms with Crippen LogP contribution in [0.1, 0.15) is 31.0 Å². The van der Waals surface area contributed by atoms with Crippen molar-refractivity contribution in [2.75, 3.05) is 11.9 Å². The van der Waals surface area contributed by atoms with E-state index in [-0.39, 0.29) is 30.2 Å². The Morgan fingerprint density at radius 1 is 1.24 bits per heavy atom. The largest absolute Gasteiger partial charge is 0.325 e. The van der Waals surface area contributed by atoms with Crippen LogP contribution in [0.2, 0.25) is 5.02 Å². The maximum atomic E-state index is 13.1. The van der Waals surface area contributed by atoms with Crippen LogP contribution in [-0.2, 0) is 4.79 Å². The van der Waals surface area contributed by atoms with E-state index in [1.807, 2.05) is 19.9 Å². The Morgan fingerprint density at radius 2 is 1.92 bits per heavy atom. The number of anilines is 1. The molecule has 0 unspecified atom stereocenters. The molecule has 2 aromatic carbocycles. The zero-order valence-corrected chi connectivity index (χ0v) is 14.8. The molecule has 6 heteroatoms. The molecule has 0 aliphatic rings.